The summed E-state index contributed by atoms with van der Waals surface area (Å²) in [6.45, 7) is 0. The second-order valence-electron chi connectivity index (χ2n) is 3.86. The van der Waals surface area contributed by atoms with Gasteiger partial charge in [0.1, 0.15) is 11.4 Å². The summed E-state index contributed by atoms with van der Waals surface area (Å²) < 4.78 is 0. The first kappa shape index (κ1) is 9.72. The maximum absolute atomic E-state index is 9.83. The monoisotopic (exact) mass is 225 g/mol. The van der Waals surface area contributed by atoms with Crippen molar-refractivity contribution in [3.05, 3.63) is 42.5 Å². The number of nitrogens with two attached hydrogens (primary N) is 1. The van der Waals surface area contributed by atoms with Crippen molar-refractivity contribution in [1.29, 1.82) is 0 Å². The quantitative estimate of drug-likeness (QED) is 0.557. The van der Waals surface area contributed by atoms with Gasteiger partial charge >= 0.3 is 0 Å². The predicted octanol–water partition coefficient (Wildman–Crippen LogP) is 2.52. The van der Waals surface area contributed by atoms with Crippen LogP contribution in [0.4, 0.5) is 5.69 Å². The van der Waals surface area contributed by atoms with Crippen LogP contribution < -0.4 is 5.73 Å². The molecule has 0 spiro atoms. The number of aromatic nitrogens is 2. The average molecular weight is 225 g/mol. The van der Waals surface area contributed by atoms with Crippen LogP contribution >= 0.6 is 0 Å². The lowest BCUT2D eigenvalue weighted by atomic mass is 10.1. The number of phenols is 1. The predicted molar refractivity (Wildman–Crippen MR) is 67.6 cm³/mol. The smallest absolute Gasteiger partial charge is 0.125 e. The Morgan fingerprint density at radius 3 is 2.71 bits per heavy atom. The lowest BCUT2D eigenvalue weighted by molar-refractivity contribution is 0.477. The first-order chi connectivity index (χ1) is 8.27. The molecule has 3 rings (SSSR count). The summed E-state index contributed by atoms with van der Waals surface area (Å²) in [5, 5.41) is 17.9. The largest absolute Gasteiger partial charge is 0.507 e. The number of rotatable bonds is 1. The van der Waals surface area contributed by atoms with E-state index in [2.05, 4.69) is 10.2 Å². The second-order valence-corrected chi connectivity index (χ2v) is 3.86. The molecule has 2 aromatic carbocycles. The highest BCUT2D eigenvalue weighted by Crippen LogP contribution is 2.33. The van der Waals surface area contributed by atoms with Crippen LogP contribution in [-0.4, -0.2) is 15.3 Å². The SMILES string of the molecule is Nc1cccc2c(-c3ccccc3O)n[nH]c12. The zero-order valence-electron chi connectivity index (χ0n) is 9.01. The molecule has 1 aromatic heterocycles. The molecule has 4 nitrogen and oxygen atoms in total. The average Bonchev–Trinajstić information content (AvgIpc) is 2.75. The Labute approximate surface area is 97.7 Å². The topological polar surface area (TPSA) is 74.9 Å². The zero-order valence-corrected chi connectivity index (χ0v) is 9.01. The summed E-state index contributed by atoms with van der Waals surface area (Å²) in [6.07, 6.45) is 0. The highest BCUT2D eigenvalue weighted by atomic mass is 16.3. The highest BCUT2D eigenvalue weighted by molar-refractivity contribution is 5.99. The van der Waals surface area contributed by atoms with E-state index in [1.54, 1.807) is 12.1 Å². The van der Waals surface area contributed by atoms with Crippen LogP contribution in [0, 0.1) is 0 Å². The number of phenolic OH excluding ortho intramolecular Hbond substituents is 1. The maximum atomic E-state index is 9.83. The van der Waals surface area contributed by atoms with Crippen LogP contribution in [-0.2, 0) is 0 Å². The van der Waals surface area contributed by atoms with Gasteiger partial charge in [-0.05, 0) is 18.2 Å². The molecule has 1 heterocycles. The molecular formula is C13H11N3O. The van der Waals surface area contributed by atoms with Crippen molar-refractivity contribution in [1.82, 2.24) is 10.2 Å². The first-order valence-corrected chi connectivity index (χ1v) is 5.28. The van der Waals surface area contributed by atoms with Gasteiger partial charge in [0.2, 0.25) is 0 Å². The molecule has 0 radical (unpaired) electrons. The minimum absolute atomic E-state index is 0.211. The number of fused-ring (bicyclic) bond motifs is 1. The molecule has 0 saturated carbocycles. The number of H-pyrrole nitrogens is 1. The number of aromatic amines is 1. The molecule has 0 fully saturated rings. The number of nitrogens with zero attached hydrogens (tertiary/aromatic N) is 1. The Balaban J connectivity index is 2.33. The third kappa shape index (κ3) is 1.42. The third-order valence-electron chi connectivity index (χ3n) is 2.79. The molecule has 4 N–H and O–H groups in total. The Morgan fingerprint density at radius 2 is 1.88 bits per heavy atom. The van der Waals surface area contributed by atoms with Crippen LogP contribution in [0.3, 0.4) is 0 Å². The number of para-hydroxylation sites is 2. The molecule has 0 aliphatic carbocycles. The summed E-state index contributed by atoms with van der Waals surface area (Å²) in [4.78, 5) is 0. The Hall–Kier alpha value is -2.49. The van der Waals surface area contributed by atoms with E-state index < -0.39 is 0 Å². The number of anilines is 1. The Morgan fingerprint density at radius 1 is 1.06 bits per heavy atom. The standard InChI is InChI=1S/C13H11N3O/c14-10-6-3-5-9-12(15-16-13(9)10)8-4-1-2-7-11(8)17/h1-7,17H,14H2,(H,15,16). The summed E-state index contributed by atoms with van der Waals surface area (Å²) >= 11 is 0. The number of nitrogens with one attached hydrogen (secondary N) is 1. The van der Waals surface area contributed by atoms with Crippen molar-refractivity contribution < 1.29 is 5.11 Å². The van der Waals surface area contributed by atoms with Crippen LogP contribution in [0.25, 0.3) is 22.2 Å². The molecule has 0 amide bonds. The van der Waals surface area contributed by atoms with Crippen molar-refractivity contribution in [2.75, 3.05) is 5.73 Å². The lowest BCUT2D eigenvalue weighted by Crippen LogP contribution is -1.85. The summed E-state index contributed by atoms with van der Waals surface area (Å²) in [5.41, 5.74) is 8.71. The van der Waals surface area contributed by atoms with Crippen molar-refractivity contribution in [3.8, 4) is 17.0 Å². The van der Waals surface area contributed by atoms with Gasteiger partial charge in [-0.1, -0.05) is 24.3 Å². The van der Waals surface area contributed by atoms with Gasteiger partial charge in [0.15, 0.2) is 0 Å². The van der Waals surface area contributed by atoms with Gasteiger partial charge in [-0.15, -0.1) is 0 Å². The summed E-state index contributed by atoms with van der Waals surface area (Å²) in [6, 6.07) is 12.7. The summed E-state index contributed by atoms with van der Waals surface area (Å²) in [7, 11) is 0. The van der Waals surface area contributed by atoms with Gasteiger partial charge in [0, 0.05) is 10.9 Å². The molecule has 0 saturated heterocycles. The fourth-order valence-electron chi connectivity index (χ4n) is 1.94. The molecule has 0 aliphatic heterocycles. The molecule has 3 aromatic rings. The second kappa shape index (κ2) is 3.52. The zero-order chi connectivity index (χ0) is 11.8. The summed E-state index contributed by atoms with van der Waals surface area (Å²) in [5.74, 6) is 0.211. The number of nitrogen functional groups attached to an aromatic ring is 1. The number of benzene rings is 2. The lowest BCUT2D eigenvalue weighted by Gasteiger charge is -2.01. The molecule has 0 aliphatic rings. The van der Waals surface area contributed by atoms with Gasteiger partial charge < -0.3 is 10.8 Å². The maximum Gasteiger partial charge on any atom is 0.125 e. The van der Waals surface area contributed by atoms with Crippen molar-refractivity contribution in [2.24, 2.45) is 0 Å². The molecule has 0 bridgehead atoms. The minimum Gasteiger partial charge on any atom is -0.507 e. The van der Waals surface area contributed by atoms with Gasteiger partial charge in [-0.3, -0.25) is 5.10 Å². The van der Waals surface area contributed by atoms with E-state index in [1.165, 1.54) is 0 Å². The Kier molecular flexibility index (Phi) is 2.01. The highest BCUT2D eigenvalue weighted by Gasteiger charge is 2.12. The molecule has 17 heavy (non-hydrogen) atoms. The van der Waals surface area contributed by atoms with Gasteiger partial charge in [-0.2, -0.15) is 5.10 Å². The molecule has 84 valence electrons. The normalized spacial score (nSPS) is 10.8. The van der Waals surface area contributed by atoms with Crippen LogP contribution in [0.2, 0.25) is 0 Å². The fourth-order valence-corrected chi connectivity index (χ4v) is 1.94. The number of aromatic hydroxyl groups is 1. The molecule has 0 unspecified atom stereocenters. The minimum atomic E-state index is 0.211. The van der Waals surface area contributed by atoms with Crippen LogP contribution in [0.5, 0.6) is 5.75 Å². The third-order valence-corrected chi connectivity index (χ3v) is 2.79. The molecule has 4 heteroatoms. The van der Waals surface area contributed by atoms with E-state index in [-0.39, 0.29) is 5.75 Å². The van der Waals surface area contributed by atoms with Crippen molar-refractivity contribution in [2.45, 2.75) is 0 Å². The first-order valence-electron chi connectivity index (χ1n) is 5.28. The van der Waals surface area contributed by atoms with E-state index in [0.29, 0.717) is 16.9 Å². The molecular weight excluding hydrogens is 214 g/mol. The van der Waals surface area contributed by atoms with Crippen LogP contribution in [0.15, 0.2) is 42.5 Å². The fraction of sp³-hybridized carbons (Fsp3) is 0. The van der Waals surface area contributed by atoms with Crippen molar-refractivity contribution >= 4 is 16.6 Å². The van der Waals surface area contributed by atoms with E-state index in [9.17, 15) is 5.11 Å². The van der Waals surface area contributed by atoms with E-state index in [4.69, 9.17) is 5.73 Å². The molecule has 0 atom stereocenters. The van der Waals surface area contributed by atoms with Crippen molar-refractivity contribution in [3.63, 3.8) is 0 Å². The van der Waals surface area contributed by atoms with E-state index >= 15 is 0 Å². The van der Waals surface area contributed by atoms with E-state index in [0.717, 1.165) is 10.9 Å². The van der Waals surface area contributed by atoms with Gasteiger partial charge in [0.25, 0.3) is 0 Å². The van der Waals surface area contributed by atoms with E-state index in [1.807, 2.05) is 30.3 Å². The number of hydrogen-bond acceptors (Lipinski definition) is 3. The Bertz CT molecular complexity index is 688. The van der Waals surface area contributed by atoms with Crippen LogP contribution in [0.1, 0.15) is 0 Å². The number of hydrogen-bond donors (Lipinski definition) is 3. The van der Waals surface area contributed by atoms with Gasteiger partial charge in [-0.25, -0.2) is 0 Å². The van der Waals surface area contributed by atoms with Gasteiger partial charge in [0.05, 0.1) is 11.2 Å².